The number of hydrogen-bond donors (Lipinski definition) is 1. The molecule has 9 heteroatoms. The molecule has 0 aromatic heterocycles. The molecular formula is C18H14F3NO5. The average molecular weight is 381 g/mol. The van der Waals surface area contributed by atoms with E-state index < -0.39 is 41.9 Å². The Labute approximate surface area is 151 Å². The lowest BCUT2D eigenvalue weighted by Crippen LogP contribution is -2.23. The van der Waals surface area contributed by atoms with Gasteiger partial charge in [-0.1, -0.05) is 24.3 Å². The number of alkyl halides is 3. The second kappa shape index (κ2) is 8.35. The van der Waals surface area contributed by atoms with Crippen LogP contribution in [0.15, 0.2) is 48.5 Å². The van der Waals surface area contributed by atoms with Gasteiger partial charge in [0.05, 0.1) is 29.5 Å². The van der Waals surface area contributed by atoms with Gasteiger partial charge in [0.2, 0.25) is 0 Å². The summed E-state index contributed by atoms with van der Waals surface area (Å²) in [6, 6.07) is 10.0. The first kappa shape index (κ1) is 20.0. The summed E-state index contributed by atoms with van der Waals surface area (Å²) in [5, 5.41) is 2.04. The van der Waals surface area contributed by atoms with E-state index >= 15 is 0 Å². The van der Waals surface area contributed by atoms with Crippen molar-refractivity contribution in [2.75, 3.05) is 19.0 Å². The number of halogens is 3. The highest BCUT2D eigenvalue weighted by Gasteiger charge is 2.33. The van der Waals surface area contributed by atoms with Crippen LogP contribution in [0.2, 0.25) is 0 Å². The van der Waals surface area contributed by atoms with Gasteiger partial charge in [0, 0.05) is 0 Å². The standard InChI is InChI=1S/C18H14F3NO5/c1-26-16(24)11-6-2-3-7-12(11)17(25)27-10-15(23)22-14-9-5-4-8-13(14)18(19,20)21/h2-9H,10H2,1H3,(H,22,23). The Kier molecular flexibility index (Phi) is 6.17. The predicted octanol–water partition coefficient (Wildman–Crippen LogP) is 3.29. The summed E-state index contributed by atoms with van der Waals surface area (Å²) < 4.78 is 48.0. The van der Waals surface area contributed by atoms with E-state index in [1.807, 2.05) is 5.32 Å². The smallest absolute Gasteiger partial charge is 0.418 e. The number of carbonyl (C=O) groups excluding carboxylic acids is 3. The Balaban J connectivity index is 2.05. The van der Waals surface area contributed by atoms with Crippen LogP contribution in [0.4, 0.5) is 18.9 Å². The lowest BCUT2D eigenvalue weighted by Gasteiger charge is -2.13. The van der Waals surface area contributed by atoms with Crippen LogP contribution in [0.3, 0.4) is 0 Å². The molecule has 1 amide bonds. The van der Waals surface area contributed by atoms with Crippen molar-refractivity contribution in [3.63, 3.8) is 0 Å². The maximum absolute atomic E-state index is 12.9. The zero-order chi connectivity index (χ0) is 20.0. The highest BCUT2D eigenvalue weighted by atomic mass is 19.4. The van der Waals surface area contributed by atoms with Gasteiger partial charge in [-0.15, -0.1) is 0 Å². The zero-order valence-corrected chi connectivity index (χ0v) is 14.0. The fraction of sp³-hybridized carbons (Fsp3) is 0.167. The lowest BCUT2D eigenvalue weighted by atomic mass is 10.1. The molecule has 27 heavy (non-hydrogen) atoms. The summed E-state index contributed by atoms with van der Waals surface area (Å²) in [5.41, 5.74) is -1.68. The minimum absolute atomic E-state index is 0.0622. The molecule has 1 N–H and O–H groups in total. The maximum atomic E-state index is 12.9. The topological polar surface area (TPSA) is 81.7 Å². The van der Waals surface area contributed by atoms with Gasteiger partial charge in [-0.3, -0.25) is 4.79 Å². The normalized spacial score (nSPS) is 10.8. The molecule has 0 aliphatic rings. The van der Waals surface area contributed by atoms with E-state index in [0.717, 1.165) is 19.2 Å². The van der Waals surface area contributed by atoms with Crippen molar-refractivity contribution in [2.45, 2.75) is 6.18 Å². The van der Waals surface area contributed by atoms with Gasteiger partial charge < -0.3 is 14.8 Å². The number of esters is 2. The Bertz CT molecular complexity index is 864. The number of amides is 1. The molecule has 0 saturated carbocycles. The van der Waals surface area contributed by atoms with Gasteiger partial charge in [0.1, 0.15) is 0 Å². The van der Waals surface area contributed by atoms with E-state index in [0.29, 0.717) is 0 Å². The molecule has 0 radical (unpaired) electrons. The fourth-order valence-electron chi connectivity index (χ4n) is 2.18. The second-order valence-corrected chi connectivity index (χ2v) is 5.20. The van der Waals surface area contributed by atoms with Crippen LogP contribution in [0, 0.1) is 0 Å². The lowest BCUT2D eigenvalue weighted by molar-refractivity contribution is -0.137. The van der Waals surface area contributed by atoms with Gasteiger partial charge in [-0.2, -0.15) is 13.2 Å². The van der Waals surface area contributed by atoms with Gasteiger partial charge in [-0.25, -0.2) is 9.59 Å². The molecule has 142 valence electrons. The van der Waals surface area contributed by atoms with Crippen LogP contribution in [-0.4, -0.2) is 31.6 Å². The SMILES string of the molecule is COC(=O)c1ccccc1C(=O)OCC(=O)Nc1ccccc1C(F)(F)F. The van der Waals surface area contributed by atoms with Gasteiger partial charge >= 0.3 is 18.1 Å². The van der Waals surface area contributed by atoms with Gasteiger partial charge in [-0.05, 0) is 24.3 Å². The molecule has 0 bridgehead atoms. The summed E-state index contributed by atoms with van der Waals surface area (Å²) in [6.45, 7) is -0.833. The predicted molar refractivity (Wildman–Crippen MR) is 88.1 cm³/mol. The first-order chi connectivity index (χ1) is 12.7. The van der Waals surface area contributed by atoms with Crippen LogP contribution < -0.4 is 5.32 Å². The molecule has 0 heterocycles. The molecule has 0 unspecified atom stereocenters. The number of carbonyl (C=O) groups is 3. The van der Waals surface area contributed by atoms with Crippen LogP contribution in [0.5, 0.6) is 0 Å². The van der Waals surface area contributed by atoms with E-state index in [9.17, 15) is 27.6 Å². The maximum Gasteiger partial charge on any atom is 0.418 e. The molecule has 0 spiro atoms. The number of para-hydroxylation sites is 1. The number of benzene rings is 2. The van der Waals surface area contributed by atoms with Crippen LogP contribution in [0.1, 0.15) is 26.3 Å². The Morgan fingerprint density at radius 3 is 2.07 bits per heavy atom. The largest absolute Gasteiger partial charge is 0.465 e. The quantitative estimate of drug-likeness (QED) is 0.804. The molecule has 0 atom stereocenters. The third-order valence-electron chi connectivity index (χ3n) is 3.39. The van der Waals surface area contributed by atoms with Crippen molar-refractivity contribution in [3.05, 3.63) is 65.2 Å². The fourth-order valence-corrected chi connectivity index (χ4v) is 2.18. The molecule has 2 aromatic rings. The Morgan fingerprint density at radius 1 is 0.926 bits per heavy atom. The summed E-state index contributed by atoms with van der Waals surface area (Å²) in [6.07, 6.45) is -4.65. The van der Waals surface area contributed by atoms with Gasteiger partial charge in [0.25, 0.3) is 5.91 Å². The number of methoxy groups -OCH3 is 1. The van der Waals surface area contributed by atoms with Crippen LogP contribution >= 0.6 is 0 Å². The number of ether oxygens (including phenoxy) is 2. The monoisotopic (exact) mass is 381 g/mol. The van der Waals surface area contributed by atoms with Crippen molar-refractivity contribution in [1.29, 1.82) is 0 Å². The summed E-state index contributed by atoms with van der Waals surface area (Å²) in [5.74, 6) is -2.73. The number of anilines is 1. The van der Waals surface area contributed by atoms with Crippen molar-refractivity contribution in [2.24, 2.45) is 0 Å². The molecule has 0 aliphatic carbocycles. The van der Waals surface area contributed by atoms with Crippen molar-refractivity contribution in [3.8, 4) is 0 Å². The van der Waals surface area contributed by atoms with Crippen molar-refractivity contribution < 1.29 is 37.0 Å². The highest BCUT2D eigenvalue weighted by Crippen LogP contribution is 2.34. The number of nitrogens with one attached hydrogen (secondary N) is 1. The highest BCUT2D eigenvalue weighted by molar-refractivity contribution is 6.04. The minimum Gasteiger partial charge on any atom is -0.465 e. The third-order valence-corrected chi connectivity index (χ3v) is 3.39. The minimum atomic E-state index is -4.65. The molecule has 0 aliphatic heterocycles. The third kappa shape index (κ3) is 5.06. The van der Waals surface area contributed by atoms with Crippen molar-refractivity contribution >= 4 is 23.5 Å². The van der Waals surface area contributed by atoms with E-state index in [-0.39, 0.29) is 11.1 Å². The average Bonchev–Trinajstić information content (AvgIpc) is 2.65. The van der Waals surface area contributed by atoms with Crippen molar-refractivity contribution in [1.82, 2.24) is 0 Å². The van der Waals surface area contributed by atoms with E-state index in [2.05, 4.69) is 4.74 Å². The molecule has 0 saturated heterocycles. The van der Waals surface area contributed by atoms with E-state index in [4.69, 9.17) is 4.74 Å². The molecule has 2 aromatic carbocycles. The summed E-state index contributed by atoms with van der Waals surface area (Å²) in [4.78, 5) is 35.6. The van der Waals surface area contributed by atoms with Crippen LogP contribution in [0.25, 0.3) is 0 Å². The first-order valence-electron chi connectivity index (χ1n) is 7.54. The number of rotatable bonds is 5. The first-order valence-corrected chi connectivity index (χ1v) is 7.54. The summed E-state index contributed by atoms with van der Waals surface area (Å²) >= 11 is 0. The van der Waals surface area contributed by atoms with Gasteiger partial charge in [0.15, 0.2) is 6.61 Å². The number of hydrogen-bond acceptors (Lipinski definition) is 5. The molecule has 0 fully saturated rings. The van der Waals surface area contributed by atoms with Crippen LogP contribution in [-0.2, 0) is 20.4 Å². The van der Waals surface area contributed by atoms with E-state index in [1.165, 1.54) is 36.4 Å². The molecular weight excluding hydrogens is 367 g/mol. The second-order valence-electron chi connectivity index (χ2n) is 5.20. The Morgan fingerprint density at radius 2 is 1.48 bits per heavy atom. The molecule has 2 rings (SSSR count). The zero-order valence-electron chi connectivity index (χ0n) is 14.0. The van der Waals surface area contributed by atoms with E-state index in [1.54, 1.807) is 0 Å². The Hall–Kier alpha value is -3.36. The summed E-state index contributed by atoms with van der Waals surface area (Å²) in [7, 11) is 1.13. The molecule has 6 nitrogen and oxygen atoms in total.